The van der Waals surface area contributed by atoms with Crippen LogP contribution in [0.25, 0.3) is 0 Å². The van der Waals surface area contributed by atoms with E-state index >= 15 is 0 Å². The molecular formula is C18H17ClN2O3S. The number of benzene rings is 2. The molecule has 5 nitrogen and oxygen atoms in total. The van der Waals surface area contributed by atoms with Gasteiger partial charge in [0, 0.05) is 10.8 Å². The minimum atomic E-state index is 0.217. The van der Waals surface area contributed by atoms with Crippen LogP contribution in [0.1, 0.15) is 11.5 Å². The monoisotopic (exact) mass is 376 g/mol. The van der Waals surface area contributed by atoms with E-state index in [2.05, 4.69) is 10.2 Å². The zero-order valence-corrected chi connectivity index (χ0v) is 15.2. The molecule has 0 spiro atoms. The van der Waals surface area contributed by atoms with E-state index in [-0.39, 0.29) is 6.61 Å². The molecule has 2 aromatic carbocycles. The minimum Gasteiger partial charge on any atom is -0.493 e. The van der Waals surface area contributed by atoms with Crippen LogP contribution in [0.4, 0.5) is 0 Å². The summed E-state index contributed by atoms with van der Waals surface area (Å²) < 4.78 is 16.8. The second-order valence-corrected chi connectivity index (χ2v) is 6.70. The van der Waals surface area contributed by atoms with E-state index in [1.807, 2.05) is 31.2 Å². The van der Waals surface area contributed by atoms with Crippen LogP contribution in [0.2, 0.25) is 5.02 Å². The van der Waals surface area contributed by atoms with Crippen molar-refractivity contribution in [3.05, 3.63) is 65.0 Å². The average Bonchev–Trinajstić information content (AvgIpc) is 3.06. The van der Waals surface area contributed by atoms with Gasteiger partial charge in [0.1, 0.15) is 11.5 Å². The SMILES string of the molecule is Cc1cccc(OCCSc2nnc(COc3ccc(Cl)cc3)o2)c1. The van der Waals surface area contributed by atoms with Crippen LogP contribution in [-0.4, -0.2) is 22.6 Å². The van der Waals surface area contributed by atoms with Gasteiger partial charge in [-0.05, 0) is 48.9 Å². The number of aryl methyl sites for hydroxylation is 1. The van der Waals surface area contributed by atoms with Crippen molar-refractivity contribution >= 4 is 23.4 Å². The number of nitrogens with zero attached hydrogens (tertiary/aromatic N) is 2. The number of rotatable bonds is 8. The molecule has 0 aliphatic carbocycles. The fourth-order valence-corrected chi connectivity index (χ4v) is 2.75. The van der Waals surface area contributed by atoms with Gasteiger partial charge in [-0.3, -0.25) is 0 Å². The van der Waals surface area contributed by atoms with Gasteiger partial charge in [-0.15, -0.1) is 10.2 Å². The maximum atomic E-state index is 5.83. The Morgan fingerprint density at radius 2 is 1.88 bits per heavy atom. The first-order valence-corrected chi connectivity index (χ1v) is 9.08. The largest absolute Gasteiger partial charge is 0.493 e. The van der Waals surface area contributed by atoms with E-state index < -0.39 is 0 Å². The fourth-order valence-electron chi connectivity index (χ4n) is 2.02. The third-order valence-corrected chi connectivity index (χ3v) is 4.23. The van der Waals surface area contributed by atoms with E-state index in [1.165, 1.54) is 17.3 Å². The lowest BCUT2D eigenvalue weighted by Gasteiger charge is -2.05. The Morgan fingerprint density at radius 1 is 1.04 bits per heavy atom. The summed E-state index contributed by atoms with van der Waals surface area (Å²) in [6, 6.07) is 15.1. The lowest BCUT2D eigenvalue weighted by Crippen LogP contribution is -2.00. The molecule has 0 amide bonds. The number of thioether (sulfide) groups is 1. The highest BCUT2D eigenvalue weighted by Gasteiger charge is 2.07. The molecule has 130 valence electrons. The molecule has 25 heavy (non-hydrogen) atoms. The standard InChI is InChI=1S/C18H17ClN2O3S/c1-13-3-2-4-16(11-13)22-9-10-25-18-21-20-17(24-18)12-23-15-7-5-14(19)6-8-15/h2-8,11H,9-10,12H2,1H3. The quantitative estimate of drug-likeness (QED) is 0.416. The second kappa shape index (κ2) is 8.78. The molecule has 0 radical (unpaired) electrons. The molecule has 3 rings (SSSR count). The maximum absolute atomic E-state index is 5.83. The molecule has 1 aromatic heterocycles. The molecule has 0 saturated heterocycles. The van der Waals surface area contributed by atoms with Crippen molar-refractivity contribution in [2.75, 3.05) is 12.4 Å². The first kappa shape index (κ1) is 17.6. The number of hydrogen-bond acceptors (Lipinski definition) is 6. The van der Waals surface area contributed by atoms with E-state index in [0.717, 1.165) is 5.75 Å². The molecule has 0 bridgehead atoms. The molecule has 0 saturated carbocycles. The Kier molecular flexibility index (Phi) is 6.19. The van der Waals surface area contributed by atoms with Gasteiger partial charge in [0.05, 0.1) is 6.61 Å². The van der Waals surface area contributed by atoms with Gasteiger partial charge in [0.15, 0.2) is 6.61 Å². The van der Waals surface area contributed by atoms with Crippen molar-refractivity contribution in [1.82, 2.24) is 10.2 Å². The van der Waals surface area contributed by atoms with Gasteiger partial charge in [-0.25, -0.2) is 0 Å². The summed E-state index contributed by atoms with van der Waals surface area (Å²) in [5.74, 6) is 2.71. The van der Waals surface area contributed by atoms with Crippen molar-refractivity contribution in [3.63, 3.8) is 0 Å². The number of halogens is 1. The third kappa shape index (κ3) is 5.69. The molecule has 0 unspecified atom stereocenters. The van der Waals surface area contributed by atoms with Crippen LogP contribution in [0.15, 0.2) is 58.2 Å². The number of hydrogen-bond donors (Lipinski definition) is 0. The lowest BCUT2D eigenvalue weighted by molar-refractivity contribution is 0.252. The van der Waals surface area contributed by atoms with Gasteiger partial charge in [-0.1, -0.05) is 35.5 Å². The Bertz CT molecular complexity index is 808. The van der Waals surface area contributed by atoms with Gasteiger partial charge in [0.25, 0.3) is 11.1 Å². The van der Waals surface area contributed by atoms with Crippen molar-refractivity contribution in [2.45, 2.75) is 18.8 Å². The molecule has 0 atom stereocenters. The zero-order chi connectivity index (χ0) is 17.5. The summed E-state index contributed by atoms with van der Waals surface area (Å²) in [5.41, 5.74) is 1.17. The lowest BCUT2D eigenvalue weighted by atomic mass is 10.2. The summed E-state index contributed by atoms with van der Waals surface area (Å²) >= 11 is 7.28. The van der Waals surface area contributed by atoms with Crippen molar-refractivity contribution in [1.29, 1.82) is 0 Å². The summed E-state index contributed by atoms with van der Waals surface area (Å²) in [4.78, 5) is 0. The van der Waals surface area contributed by atoms with Crippen LogP contribution in [-0.2, 0) is 6.61 Å². The highest BCUT2D eigenvalue weighted by Crippen LogP contribution is 2.20. The molecule has 0 fully saturated rings. The number of aromatic nitrogens is 2. The van der Waals surface area contributed by atoms with Crippen LogP contribution < -0.4 is 9.47 Å². The summed E-state index contributed by atoms with van der Waals surface area (Å²) in [5, 5.41) is 9.12. The van der Waals surface area contributed by atoms with E-state index in [4.69, 9.17) is 25.5 Å². The predicted molar refractivity (Wildman–Crippen MR) is 97.5 cm³/mol. The maximum Gasteiger partial charge on any atom is 0.276 e. The molecule has 0 N–H and O–H groups in total. The summed E-state index contributed by atoms with van der Waals surface area (Å²) in [6.45, 7) is 2.82. The molecule has 0 aliphatic rings. The summed E-state index contributed by atoms with van der Waals surface area (Å²) in [7, 11) is 0. The van der Waals surface area contributed by atoms with Crippen LogP contribution in [0.5, 0.6) is 11.5 Å². The fraction of sp³-hybridized carbons (Fsp3) is 0.222. The van der Waals surface area contributed by atoms with E-state index in [0.29, 0.717) is 34.2 Å². The molecule has 3 aromatic rings. The van der Waals surface area contributed by atoms with Crippen LogP contribution >= 0.6 is 23.4 Å². The highest BCUT2D eigenvalue weighted by atomic mass is 35.5. The Balaban J connectivity index is 1.40. The normalized spacial score (nSPS) is 10.6. The highest BCUT2D eigenvalue weighted by molar-refractivity contribution is 7.99. The molecule has 7 heteroatoms. The summed E-state index contributed by atoms with van der Waals surface area (Å²) in [6.07, 6.45) is 0. The van der Waals surface area contributed by atoms with Crippen molar-refractivity contribution < 1.29 is 13.9 Å². The first-order chi connectivity index (χ1) is 12.2. The Labute approximate surface area is 155 Å². The first-order valence-electron chi connectivity index (χ1n) is 7.72. The van der Waals surface area contributed by atoms with Crippen LogP contribution in [0, 0.1) is 6.92 Å². The predicted octanol–water partition coefficient (Wildman–Crippen LogP) is 4.78. The minimum absolute atomic E-state index is 0.217. The Hall–Kier alpha value is -2.18. The topological polar surface area (TPSA) is 57.4 Å². The van der Waals surface area contributed by atoms with Gasteiger partial charge >= 0.3 is 0 Å². The Morgan fingerprint density at radius 3 is 2.68 bits per heavy atom. The molecular weight excluding hydrogens is 360 g/mol. The third-order valence-electron chi connectivity index (χ3n) is 3.19. The smallest absolute Gasteiger partial charge is 0.276 e. The van der Waals surface area contributed by atoms with E-state index in [1.54, 1.807) is 24.3 Å². The van der Waals surface area contributed by atoms with Crippen molar-refractivity contribution in [2.24, 2.45) is 0 Å². The van der Waals surface area contributed by atoms with Crippen molar-refractivity contribution in [3.8, 4) is 11.5 Å². The zero-order valence-electron chi connectivity index (χ0n) is 13.6. The number of ether oxygens (including phenoxy) is 2. The van der Waals surface area contributed by atoms with Gasteiger partial charge in [0.2, 0.25) is 0 Å². The second-order valence-electron chi connectivity index (χ2n) is 5.22. The molecule has 0 aliphatic heterocycles. The van der Waals surface area contributed by atoms with E-state index in [9.17, 15) is 0 Å². The molecule has 1 heterocycles. The average molecular weight is 377 g/mol. The van der Waals surface area contributed by atoms with Gasteiger partial charge < -0.3 is 13.9 Å². The van der Waals surface area contributed by atoms with Crippen LogP contribution in [0.3, 0.4) is 0 Å². The van der Waals surface area contributed by atoms with Gasteiger partial charge in [-0.2, -0.15) is 0 Å².